The van der Waals surface area contributed by atoms with E-state index in [-0.39, 0.29) is 17.2 Å². The molecule has 2 heterocycles. The number of anilines is 1. The smallest absolute Gasteiger partial charge is 0.270 e. The molecule has 0 radical (unpaired) electrons. The molecule has 8 nitrogen and oxygen atoms in total. The van der Waals surface area contributed by atoms with Gasteiger partial charge < -0.3 is 14.6 Å². The maximum absolute atomic E-state index is 12.5. The monoisotopic (exact) mass is 340 g/mol. The van der Waals surface area contributed by atoms with Crippen LogP contribution in [0.5, 0.6) is 0 Å². The zero-order chi connectivity index (χ0) is 17.8. The van der Waals surface area contributed by atoms with Crippen molar-refractivity contribution < 1.29 is 14.1 Å². The van der Waals surface area contributed by atoms with Crippen molar-refractivity contribution in [2.24, 2.45) is 0 Å². The Hall–Kier alpha value is -3.34. The van der Waals surface area contributed by atoms with Gasteiger partial charge in [0.1, 0.15) is 17.9 Å². The summed E-state index contributed by atoms with van der Waals surface area (Å²) < 4.78 is 5.19. The summed E-state index contributed by atoms with van der Waals surface area (Å²) in [6.07, 6.45) is 3.01. The molecule has 8 heteroatoms. The van der Waals surface area contributed by atoms with Crippen LogP contribution in [0.15, 0.2) is 41.0 Å². The van der Waals surface area contributed by atoms with Crippen LogP contribution in [0.25, 0.3) is 0 Å². The van der Waals surface area contributed by atoms with Crippen molar-refractivity contribution in [1.82, 2.24) is 5.32 Å². The summed E-state index contributed by atoms with van der Waals surface area (Å²) in [5, 5.41) is 23.0. The number of benzene rings is 1. The van der Waals surface area contributed by atoms with Crippen LogP contribution in [0.2, 0.25) is 0 Å². The van der Waals surface area contributed by atoms with Gasteiger partial charge in [-0.15, -0.1) is 0 Å². The molecule has 3 rings (SSSR count). The Balaban J connectivity index is 1.78. The Bertz CT molecular complexity index is 826. The average Bonchev–Trinajstić information content (AvgIpc) is 3.30. The van der Waals surface area contributed by atoms with Crippen LogP contribution in [0.4, 0.5) is 11.4 Å². The molecule has 0 bridgehead atoms. The minimum Gasteiger partial charge on any atom is -0.467 e. The van der Waals surface area contributed by atoms with Gasteiger partial charge in [0.2, 0.25) is 5.91 Å². The van der Waals surface area contributed by atoms with Crippen molar-refractivity contribution in [3.63, 3.8) is 0 Å². The van der Waals surface area contributed by atoms with Crippen LogP contribution in [-0.2, 0) is 11.3 Å². The second kappa shape index (κ2) is 7.05. The molecule has 0 saturated carbocycles. The molecule has 1 aromatic heterocycles. The zero-order valence-corrected chi connectivity index (χ0v) is 13.3. The Labute approximate surface area is 143 Å². The van der Waals surface area contributed by atoms with Gasteiger partial charge in [-0.05, 0) is 31.0 Å². The van der Waals surface area contributed by atoms with E-state index in [0.29, 0.717) is 31.0 Å². The van der Waals surface area contributed by atoms with Gasteiger partial charge in [0, 0.05) is 18.7 Å². The van der Waals surface area contributed by atoms with Crippen LogP contribution < -0.4 is 10.2 Å². The van der Waals surface area contributed by atoms with E-state index in [1.807, 2.05) is 11.0 Å². The number of rotatable bonds is 5. The van der Waals surface area contributed by atoms with Gasteiger partial charge in [0.25, 0.3) is 5.69 Å². The molecule has 1 saturated heterocycles. The Morgan fingerprint density at radius 3 is 3.00 bits per heavy atom. The average molecular weight is 340 g/mol. The van der Waals surface area contributed by atoms with E-state index < -0.39 is 11.0 Å². The molecule has 0 spiro atoms. The van der Waals surface area contributed by atoms with Gasteiger partial charge in [-0.25, -0.2) is 0 Å². The molecule has 1 aliphatic rings. The minimum atomic E-state index is -0.540. The highest BCUT2D eigenvalue weighted by Gasteiger charge is 2.32. The van der Waals surface area contributed by atoms with Crippen molar-refractivity contribution in [1.29, 1.82) is 5.26 Å². The maximum atomic E-state index is 12.5. The van der Waals surface area contributed by atoms with E-state index in [1.54, 1.807) is 18.4 Å². The molecule has 1 unspecified atom stereocenters. The Kier molecular flexibility index (Phi) is 4.66. The predicted molar refractivity (Wildman–Crippen MR) is 88.7 cm³/mol. The first-order valence-electron chi connectivity index (χ1n) is 7.85. The number of nitro benzene ring substituents is 1. The fraction of sp³-hybridized carbons (Fsp3) is 0.294. The van der Waals surface area contributed by atoms with E-state index in [4.69, 9.17) is 4.42 Å². The second-order valence-corrected chi connectivity index (χ2v) is 5.72. The normalized spacial score (nSPS) is 16.4. The van der Waals surface area contributed by atoms with E-state index >= 15 is 0 Å². The van der Waals surface area contributed by atoms with Gasteiger partial charge in [-0.2, -0.15) is 5.26 Å². The predicted octanol–water partition coefficient (Wildman–Crippen LogP) is 2.34. The molecule has 1 amide bonds. The second-order valence-electron chi connectivity index (χ2n) is 5.72. The van der Waals surface area contributed by atoms with Crippen molar-refractivity contribution in [2.75, 3.05) is 11.4 Å². The van der Waals surface area contributed by atoms with E-state index in [2.05, 4.69) is 5.32 Å². The number of nitrogens with zero attached hydrogens (tertiary/aromatic N) is 3. The standard InChI is InChI=1S/C17H16N4O4/c18-10-12-9-13(21(23)24)5-6-15(12)20-7-1-4-16(20)17(22)19-11-14-3-2-8-25-14/h2-3,5-6,8-9,16H,1,4,7,11H2,(H,19,22). The third kappa shape index (κ3) is 3.45. The van der Waals surface area contributed by atoms with Crippen molar-refractivity contribution in [3.05, 3.63) is 58.0 Å². The number of hydrogen-bond acceptors (Lipinski definition) is 6. The van der Waals surface area contributed by atoms with Crippen molar-refractivity contribution in [3.8, 4) is 6.07 Å². The number of amides is 1. The lowest BCUT2D eigenvalue weighted by Gasteiger charge is -2.26. The first-order chi connectivity index (χ1) is 12.1. The summed E-state index contributed by atoms with van der Waals surface area (Å²) in [5.41, 5.74) is 0.599. The minimum absolute atomic E-state index is 0.140. The number of carbonyl (C=O) groups is 1. The first-order valence-corrected chi connectivity index (χ1v) is 7.85. The lowest BCUT2D eigenvalue weighted by atomic mass is 10.1. The molecular formula is C17H16N4O4. The summed E-state index contributed by atoms with van der Waals surface area (Å²) >= 11 is 0. The van der Waals surface area contributed by atoms with E-state index in [0.717, 1.165) is 6.42 Å². The molecule has 1 atom stereocenters. The number of carbonyl (C=O) groups excluding carboxylic acids is 1. The first kappa shape index (κ1) is 16.5. The van der Waals surface area contributed by atoms with Crippen molar-refractivity contribution in [2.45, 2.75) is 25.4 Å². The largest absolute Gasteiger partial charge is 0.467 e. The summed E-state index contributed by atoms with van der Waals surface area (Å²) in [6.45, 7) is 0.910. The molecule has 1 aliphatic heterocycles. The van der Waals surface area contributed by atoms with E-state index in [9.17, 15) is 20.2 Å². The molecule has 1 N–H and O–H groups in total. The highest BCUT2D eigenvalue weighted by Crippen LogP contribution is 2.31. The number of nitriles is 1. The molecule has 25 heavy (non-hydrogen) atoms. The number of non-ortho nitro benzene ring substituents is 1. The lowest BCUT2D eigenvalue weighted by Crippen LogP contribution is -2.43. The third-order valence-corrected chi connectivity index (χ3v) is 4.19. The number of nitrogens with one attached hydrogen (secondary N) is 1. The molecule has 2 aromatic rings. The molecule has 1 fully saturated rings. The number of furan rings is 1. The summed E-state index contributed by atoms with van der Waals surface area (Å²) in [7, 11) is 0. The third-order valence-electron chi connectivity index (χ3n) is 4.19. The highest BCUT2D eigenvalue weighted by molar-refractivity contribution is 5.86. The molecule has 128 valence electrons. The van der Waals surface area contributed by atoms with Crippen LogP contribution in [0, 0.1) is 21.4 Å². The highest BCUT2D eigenvalue weighted by atomic mass is 16.6. The molecular weight excluding hydrogens is 324 g/mol. The fourth-order valence-corrected chi connectivity index (χ4v) is 3.01. The Morgan fingerprint density at radius 2 is 2.32 bits per heavy atom. The topological polar surface area (TPSA) is 112 Å². The summed E-state index contributed by atoms with van der Waals surface area (Å²) in [6, 6.07) is 9.23. The quantitative estimate of drug-likeness (QED) is 0.660. The molecule has 1 aromatic carbocycles. The van der Waals surface area contributed by atoms with Gasteiger partial charge in [-0.3, -0.25) is 14.9 Å². The van der Waals surface area contributed by atoms with Crippen LogP contribution in [-0.4, -0.2) is 23.4 Å². The summed E-state index contributed by atoms with van der Waals surface area (Å²) in [5.74, 6) is 0.502. The Morgan fingerprint density at radius 1 is 1.48 bits per heavy atom. The zero-order valence-electron chi connectivity index (χ0n) is 13.3. The van der Waals surface area contributed by atoms with Gasteiger partial charge in [-0.1, -0.05) is 0 Å². The lowest BCUT2D eigenvalue weighted by molar-refractivity contribution is -0.384. The maximum Gasteiger partial charge on any atom is 0.270 e. The molecule has 0 aliphatic carbocycles. The van der Waals surface area contributed by atoms with Crippen LogP contribution in [0.3, 0.4) is 0 Å². The fourth-order valence-electron chi connectivity index (χ4n) is 3.01. The van der Waals surface area contributed by atoms with Crippen molar-refractivity contribution >= 4 is 17.3 Å². The van der Waals surface area contributed by atoms with Gasteiger partial charge in [0.15, 0.2) is 0 Å². The van der Waals surface area contributed by atoms with Gasteiger partial charge in [0.05, 0.1) is 29.0 Å². The van der Waals surface area contributed by atoms with E-state index in [1.165, 1.54) is 18.2 Å². The number of hydrogen-bond donors (Lipinski definition) is 1. The SMILES string of the molecule is N#Cc1cc([N+](=O)[O-])ccc1N1CCCC1C(=O)NCc1ccco1. The van der Waals surface area contributed by atoms with Crippen LogP contribution in [0.1, 0.15) is 24.2 Å². The van der Waals surface area contributed by atoms with Gasteiger partial charge >= 0.3 is 0 Å². The number of nitro groups is 1. The summed E-state index contributed by atoms with van der Waals surface area (Å²) in [4.78, 5) is 24.7. The van der Waals surface area contributed by atoms with Crippen LogP contribution >= 0.6 is 0 Å².